The van der Waals surface area contributed by atoms with Crippen LogP contribution in [0.5, 0.6) is 0 Å². The first-order chi connectivity index (χ1) is 9.58. The standard InChI is InChI=1S/C14H17BrFN3O/c1-19-7-3-2-4-13(19)14(20)18-17-9-10-8-11(15)5-6-12(10)16/h5-6,8-9,13H,2-4,7H2,1H3,(H,18,20)/b17-9-/t13-/m1/s1. The number of likely N-dealkylation sites (tertiary alicyclic amines) is 1. The maximum absolute atomic E-state index is 13.5. The Hall–Kier alpha value is -1.27. The van der Waals surface area contributed by atoms with E-state index < -0.39 is 0 Å². The summed E-state index contributed by atoms with van der Waals surface area (Å²) in [5.41, 5.74) is 2.82. The summed E-state index contributed by atoms with van der Waals surface area (Å²) in [5.74, 6) is -0.514. The van der Waals surface area contributed by atoms with E-state index >= 15 is 0 Å². The zero-order valence-corrected chi connectivity index (χ0v) is 12.9. The van der Waals surface area contributed by atoms with Crippen molar-refractivity contribution in [1.29, 1.82) is 0 Å². The monoisotopic (exact) mass is 341 g/mol. The summed E-state index contributed by atoms with van der Waals surface area (Å²) in [7, 11) is 1.93. The van der Waals surface area contributed by atoms with E-state index in [9.17, 15) is 9.18 Å². The van der Waals surface area contributed by atoms with Crippen LogP contribution in [-0.2, 0) is 4.79 Å². The lowest BCUT2D eigenvalue weighted by molar-refractivity contribution is -0.126. The third kappa shape index (κ3) is 3.86. The molecule has 0 aromatic heterocycles. The van der Waals surface area contributed by atoms with Crippen molar-refractivity contribution >= 4 is 28.1 Å². The Bertz CT molecular complexity index is 521. The van der Waals surface area contributed by atoms with Gasteiger partial charge in [0.2, 0.25) is 0 Å². The summed E-state index contributed by atoms with van der Waals surface area (Å²) < 4.78 is 14.2. The van der Waals surface area contributed by atoms with Crippen LogP contribution in [0.25, 0.3) is 0 Å². The van der Waals surface area contributed by atoms with Crippen molar-refractivity contribution in [2.24, 2.45) is 5.10 Å². The van der Waals surface area contributed by atoms with Crippen LogP contribution in [0.1, 0.15) is 24.8 Å². The molecule has 1 amide bonds. The molecule has 1 aromatic rings. The molecular formula is C14H17BrFN3O. The van der Waals surface area contributed by atoms with E-state index in [1.165, 1.54) is 12.3 Å². The molecule has 4 nitrogen and oxygen atoms in total. The molecule has 2 rings (SSSR count). The van der Waals surface area contributed by atoms with Gasteiger partial charge in [-0.3, -0.25) is 9.69 Å². The van der Waals surface area contributed by atoms with Crippen LogP contribution < -0.4 is 5.43 Å². The number of hydrogen-bond donors (Lipinski definition) is 1. The average molecular weight is 342 g/mol. The molecule has 0 radical (unpaired) electrons. The van der Waals surface area contributed by atoms with Crippen molar-refractivity contribution in [1.82, 2.24) is 10.3 Å². The number of hydrogen-bond acceptors (Lipinski definition) is 3. The zero-order valence-electron chi connectivity index (χ0n) is 11.3. The number of nitrogens with one attached hydrogen (secondary N) is 1. The highest BCUT2D eigenvalue weighted by molar-refractivity contribution is 9.10. The fraction of sp³-hybridized carbons (Fsp3) is 0.429. The first-order valence-electron chi connectivity index (χ1n) is 6.56. The summed E-state index contributed by atoms with van der Waals surface area (Å²) >= 11 is 3.27. The number of piperidine rings is 1. The van der Waals surface area contributed by atoms with Crippen molar-refractivity contribution in [2.45, 2.75) is 25.3 Å². The van der Waals surface area contributed by atoms with Crippen LogP contribution in [0.4, 0.5) is 4.39 Å². The fourth-order valence-electron chi connectivity index (χ4n) is 2.26. The van der Waals surface area contributed by atoms with Crippen LogP contribution in [0.3, 0.4) is 0 Å². The molecule has 0 saturated carbocycles. The second-order valence-corrected chi connectivity index (χ2v) is 5.81. The lowest BCUT2D eigenvalue weighted by Gasteiger charge is -2.30. The largest absolute Gasteiger partial charge is 0.295 e. The highest BCUT2D eigenvalue weighted by atomic mass is 79.9. The van der Waals surface area contributed by atoms with Gasteiger partial charge in [0.05, 0.1) is 12.3 Å². The topological polar surface area (TPSA) is 44.7 Å². The molecule has 0 bridgehead atoms. The number of nitrogens with zero attached hydrogens (tertiary/aromatic N) is 2. The third-order valence-corrected chi connectivity index (χ3v) is 3.90. The van der Waals surface area contributed by atoms with Crippen LogP contribution >= 0.6 is 15.9 Å². The van der Waals surface area contributed by atoms with Gasteiger partial charge < -0.3 is 0 Å². The van der Waals surface area contributed by atoms with Crippen molar-refractivity contribution in [3.63, 3.8) is 0 Å². The highest BCUT2D eigenvalue weighted by Crippen LogP contribution is 2.15. The molecule has 0 unspecified atom stereocenters. The van der Waals surface area contributed by atoms with Gasteiger partial charge in [0, 0.05) is 10.0 Å². The summed E-state index contributed by atoms with van der Waals surface area (Å²) in [5, 5.41) is 3.84. The summed E-state index contributed by atoms with van der Waals surface area (Å²) in [6.45, 7) is 0.919. The molecule has 108 valence electrons. The van der Waals surface area contributed by atoms with E-state index in [1.54, 1.807) is 12.1 Å². The smallest absolute Gasteiger partial charge is 0.257 e. The third-order valence-electron chi connectivity index (χ3n) is 3.41. The van der Waals surface area contributed by atoms with Gasteiger partial charge in [-0.2, -0.15) is 5.10 Å². The highest BCUT2D eigenvalue weighted by Gasteiger charge is 2.25. The molecule has 1 aromatic carbocycles. The number of benzene rings is 1. The second kappa shape index (κ2) is 6.95. The number of rotatable bonds is 3. The summed E-state index contributed by atoms with van der Waals surface area (Å²) in [4.78, 5) is 14.0. The first kappa shape index (κ1) is 15.1. The predicted molar refractivity (Wildman–Crippen MR) is 80.1 cm³/mol. The zero-order chi connectivity index (χ0) is 14.5. The molecule has 1 fully saturated rings. The van der Waals surface area contributed by atoms with E-state index in [2.05, 4.69) is 26.5 Å². The number of hydrazone groups is 1. The second-order valence-electron chi connectivity index (χ2n) is 4.89. The average Bonchev–Trinajstić information content (AvgIpc) is 2.43. The molecule has 1 saturated heterocycles. The van der Waals surface area contributed by atoms with Crippen LogP contribution in [-0.4, -0.2) is 36.7 Å². The number of likely N-dealkylation sites (N-methyl/N-ethyl adjacent to an activating group) is 1. The molecular weight excluding hydrogens is 325 g/mol. The number of amides is 1. The Labute approximate surface area is 126 Å². The van der Waals surface area contributed by atoms with Gasteiger partial charge >= 0.3 is 0 Å². The Morgan fingerprint density at radius 1 is 1.55 bits per heavy atom. The van der Waals surface area contributed by atoms with Gasteiger partial charge in [0.15, 0.2) is 0 Å². The van der Waals surface area contributed by atoms with E-state index in [-0.39, 0.29) is 17.8 Å². The lowest BCUT2D eigenvalue weighted by atomic mass is 10.0. The van der Waals surface area contributed by atoms with Gasteiger partial charge in [0.25, 0.3) is 5.91 Å². The van der Waals surface area contributed by atoms with Crippen LogP contribution in [0.2, 0.25) is 0 Å². The minimum Gasteiger partial charge on any atom is -0.295 e. The maximum Gasteiger partial charge on any atom is 0.257 e. The lowest BCUT2D eigenvalue weighted by Crippen LogP contribution is -2.46. The Morgan fingerprint density at radius 2 is 2.35 bits per heavy atom. The molecule has 1 heterocycles. The molecule has 1 aliphatic rings. The van der Waals surface area contributed by atoms with Gasteiger partial charge in [-0.05, 0) is 44.6 Å². The van der Waals surface area contributed by atoms with Gasteiger partial charge in [0.1, 0.15) is 5.82 Å². The van der Waals surface area contributed by atoms with E-state index in [0.29, 0.717) is 5.56 Å². The van der Waals surface area contributed by atoms with Gasteiger partial charge in [-0.15, -0.1) is 0 Å². The molecule has 6 heteroatoms. The van der Waals surface area contributed by atoms with Gasteiger partial charge in [-0.25, -0.2) is 9.82 Å². The minimum atomic E-state index is -0.374. The minimum absolute atomic E-state index is 0.140. The summed E-state index contributed by atoms with van der Waals surface area (Å²) in [6, 6.07) is 4.43. The predicted octanol–water partition coefficient (Wildman–Crippen LogP) is 2.52. The van der Waals surface area contributed by atoms with Crippen LogP contribution in [0, 0.1) is 5.82 Å². The quantitative estimate of drug-likeness (QED) is 0.678. The van der Waals surface area contributed by atoms with Crippen LogP contribution in [0.15, 0.2) is 27.8 Å². The molecule has 0 spiro atoms. The number of halogens is 2. The Balaban J connectivity index is 1.95. The Morgan fingerprint density at radius 3 is 3.10 bits per heavy atom. The van der Waals surface area contributed by atoms with Crippen molar-refractivity contribution in [3.05, 3.63) is 34.1 Å². The fourth-order valence-corrected chi connectivity index (χ4v) is 2.64. The van der Waals surface area contributed by atoms with Gasteiger partial charge in [-0.1, -0.05) is 22.4 Å². The van der Waals surface area contributed by atoms with E-state index in [0.717, 1.165) is 30.3 Å². The molecule has 20 heavy (non-hydrogen) atoms. The molecule has 1 N–H and O–H groups in total. The molecule has 1 atom stereocenters. The first-order valence-corrected chi connectivity index (χ1v) is 7.35. The van der Waals surface area contributed by atoms with E-state index in [4.69, 9.17) is 0 Å². The Kier molecular flexibility index (Phi) is 5.25. The normalized spacial score (nSPS) is 20.2. The number of carbonyl (C=O) groups is 1. The molecule has 1 aliphatic heterocycles. The van der Waals surface area contributed by atoms with Crippen molar-refractivity contribution in [2.75, 3.05) is 13.6 Å². The van der Waals surface area contributed by atoms with Crippen molar-refractivity contribution in [3.8, 4) is 0 Å². The molecule has 0 aliphatic carbocycles. The number of carbonyl (C=O) groups excluding carboxylic acids is 1. The maximum atomic E-state index is 13.5. The summed E-state index contributed by atoms with van der Waals surface area (Å²) in [6.07, 6.45) is 4.32. The van der Waals surface area contributed by atoms with Crippen molar-refractivity contribution < 1.29 is 9.18 Å². The SMILES string of the molecule is CN1CCCC[C@@H]1C(=O)N/N=C\c1cc(Br)ccc1F. The van der Waals surface area contributed by atoms with E-state index in [1.807, 2.05) is 11.9 Å².